The van der Waals surface area contributed by atoms with E-state index < -0.39 is 0 Å². The number of hydrogen-bond acceptors (Lipinski definition) is 3. The number of nitrogens with one attached hydrogen (secondary N) is 1. The van der Waals surface area contributed by atoms with Crippen LogP contribution in [0.2, 0.25) is 0 Å². The zero-order valence-corrected chi connectivity index (χ0v) is 11.4. The van der Waals surface area contributed by atoms with Gasteiger partial charge in [0.05, 0.1) is 6.04 Å². The summed E-state index contributed by atoms with van der Waals surface area (Å²) in [5, 5.41) is 3.50. The molecule has 18 heavy (non-hydrogen) atoms. The van der Waals surface area contributed by atoms with Gasteiger partial charge in [0.25, 0.3) is 0 Å². The molecule has 0 saturated carbocycles. The Labute approximate surface area is 114 Å². The van der Waals surface area contributed by atoms with Gasteiger partial charge < -0.3 is 10.1 Å². The SMILES string of the molecule is Brc1cncc(CNC2COc3ccccc32)c1. The first-order valence-corrected chi connectivity index (χ1v) is 6.67. The monoisotopic (exact) mass is 304 g/mol. The maximum Gasteiger partial charge on any atom is 0.124 e. The summed E-state index contributed by atoms with van der Waals surface area (Å²) in [6.45, 7) is 1.48. The van der Waals surface area contributed by atoms with Crippen LogP contribution in [0.25, 0.3) is 0 Å². The summed E-state index contributed by atoms with van der Waals surface area (Å²) in [5.74, 6) is 0.988. The van der Waals surface area contributed by atoms with Crippen molar-refractivity contribution in [2.24, 2.45) is 0 Å². The van der Waals surface area contributed by atoms with Gasteiger partial charge in [0.1, 0.15) is 12.4 Å². The van der Waals surface area contributed by atoms with Crippen molar-refractivity contribution in [3.05, 3.63) is 58.3 Å². The maximum atomic E-state index is 5.64. The van der Waals surface area contributed by atoms with Crippen molar-refractivity contribution in [1.29, 1.82) is 0 Å². The predicted octanol–water partition coefficient (Wildman–Crippen LogP) is 3.07. The second-order valence-electron chi connectivity index (χ2n) is 4.29. The Hall–Kier alpha value is -1.39. The molecule has 2 heterocycles. The molecule has 92 valence electrons. The van der Waals surface area contributed by atoms with E-state index in [0.717, 1.165) is 22.3 Å². The van der Waals surface area contributed by atoms with Crippen molar-refractivity contribution in [3.8, 4) is 5.75 Å². The molecule has 0 saturated heterocycles. The van der Waals surface area contributed by atoms with Gasteiger partial charge in [0.2, 0.25) is 0 Å². The zero-order chi connectivity index (χ0) is 12.4. The highest BCUT2D eigenvalue weighted by Gasteiger charge is 2.22. The molecular formula is C14H13BrN2O. The first-order chi connectivity index (χ1) is 8.83. The number of pyridine rings is 1. The van der Waals surface area contributed by atoms with E-state index in [1.165, 1.54) is 5.56 Å². The van der Waals surface area contributed by atoms with Crippen LogP contribution in [0.5, 0.6) is 5.75 Å². The van der Waals surface area contributed by atoms with E-state index in [0.29, 0.717) is 6.61 Å². The third-order valence-electron chi connectivity index (χ3n) is 3.01. The fourth-order valence-electron chi connectivity index (χ4n) is 2.13. The summed E-state index contributed by atoms with van der Waals surface area (Å²) in [7, 11) is 0. The van der Waals surface area contributed by atoms with Crippen LogP contribution in [0.1, 0.15) is 17.2 Å². The fraction of sp³-hybridized carbons (Fsp3) is 0.214. The van der Waals surface area contributed by atoms with Gasteiger partial charge >= 0.3 is 0 Å². The highest BCUT2D eigenvalue weighted by molar-refractivity contribution is 9.10. The van der Waals surface area contributed by atoms with Crippen LogP contribution < -0.4 is 10.1 Å². The van der Waals surface area contributed by atoms with E-state index >= 15 is 0 Å². The van der Waals surface area contributed by atoms with Crippen molar-refractivity contribution in [2.75, 3.05) is 6.61 Å². The molecule has 1 unspecified atom stereocenters. The van der Waals surface area contributed by atoms with Crippen LogP contribution in [0.15, 0.2) is 47.2 Å². The van der Waals surface area contributed by atoms with Gasteiger partial charge in [-0.3, -0.25) is 4.98 Å². The van der Waals surface area contributed by atoms with Crippen LogP contribution >= 0.6 is 15.9 Å². The Kier molecular flexibility index (Phi) is 3.30. The largest absolute Gasteiger partial charge is 0.491 e. The van der Waals surface area contributed by atoms with Gasteiger partial charge in [-0.15, -0.1) is 0 Å². The van der Waals surface area contributed by atoms with Gasteiger partial charge in [0.15, 0.2) is 0 Å². The number of rotatable bonds is 3. The van der Waals surface area contributed by atoms with Crippen molar-refractivity contribution < 1.29 is 4.74 Å². The summed E-state index contributed by atoms with van der Waals surface area (Å²) >= 11 is 3.43. The molecule has 4 heteroatoms. The molecule has 2 aromatic rings. The molecular weight excluding hydrogens is 292 g/mol. The number of para-hydroxylation sites is 1. The third kappa shape index (κ3) is 2.40. The zero-order valence-electron chi connectivity index (χ0n) is 9.77. The molecule has 1 aromatic heterocycles. The average molecular weight is 305 g/mol. The van der Waals surface area contributed by atoms with Gasteiger partial charge in [-0.05, 0) is 33.6 Å². The van der Waals surface area contributed by atoms with Crippen molar-refractivity contribution in [2.45, 2.75) is 12.6 Å². The van der Waals surface area contributed by atoms with Gasteiger partial charge in [-0.1, -0.05) is 18.2 Å². The Morgan fingerprint density at radius 2 is 2.22 bits per heavy atom. The quantitative estimate of drug-likeness (QED) is 0.946. The molecule has 1 aromatic carbocycles. The van der Waals surface area contributed by atoms with Crippen LogP contribution in [0, 0.1) is 0 Å². The molecule has 0 spiro atoms. The van der Waals surface area contributed by atoms with E-state index in [1.54, 1.807) is 6.20 Å². The number of fused-ring (bicyclic) bond motifs is 1. The van der Waals surface area contributed by atoms with Gasteiger partial charge in [-0.25, -0.2) is 0 Å². The molecule has 1 atom stereocenters. The predicted molar refractivity (Wildman–Crippen MR) is 73.5 cm³/mol. The highest BCUT2D eigenvalue weighted by Crippen LogP contribution is 2.31. The van der Waals surface area contributed by atoms with E-state index in [-0.39, 0.29) is 6.04 Å². The van der Waals surface area contributed by atoms with E-state index in [2.05, 4.69) is 38.4 Å². The number of halogens is 1. The molecule has 0 aliphatic carbocycles. The second-order valence-corrected chi connectivity index (χ2v) is 5.21. The topological polar surface area (TPSA) is 34.2 Å². The number of benzene rings is 1. The van der Waals surface area contributed by atoms with Crippen molar-refractivity contribution >= 4 is 15.9 Å². The van der Waals surface area contributed by atoms with Gasteiger partial charge in [0, 0.05) is 29.0 Å². The summed E-state index contributed by atoms with van der Waals surface area (Å²) in [6.07, 6.45) is 3.66. The highest BCUT2D eigenvalue weighted by atomic mass is 79.9. The van der Waals surface area contributed by atoms with E-state index in [9.17, 15) is 0 Å². The number of nitrogens with zero attached hydrogens (tertiary/aromatic N) is 1. The molecule has 0 fully saturated rings. The lowest BCUT2D eigenvalue weighted by molar-refractivity contribution is 0.310. The first kappa shape index (κ1) is 11.7. The number of ether oxygens (including phenoxy) is 1. The minimum Gasteiger partial charge on any atom is -0.491 e. The molecule has 3 rings (SSSR count). The van der Waals surface area contributed by atoms with Crippen LogP contribution in [0.4, 0.5) is 0 Å². The molecule has 1 aliphatic heterocycles. The lowest BCUT2D eigenvalue weighted by Gasteiger charge is -2.11. The second kappa shape index (κ2) is 5.08. The lowest BCUT2D eigenvalue weighted by Crippen LogP contribution is -2.22. The van der Waals surface area contributed by atoms with E-state index in [4.69, 9.17) is 4.74 Å². The van der Waals surface area contributed by atoms with Crippen LogP contribution in [0.3, 0.4) is 0 Å². The fourth-order valence-corrected chi connectivity index (χ4v) is 2.54. The smallest absolute Gasteiger partial charge is 0.124 e. The maximum absolute atomic E-state index is 5.64. The lowest BCUT2D eigenvalue weighted by atomic mass is 10.1. The average Bonchev–Trinajstić information content (AvgIpc) is 2.80. The van der Waals surface area contributed by atoms with Crippen LogP contribution in [-0.4, -0.2) is 11.6 Å². The first-order valence-electron chi connectivity index (χ1n) is 5.87. The number of hydrogen-bond donors (Lipinski definition) is 1. The molecule has 3 nitrogen and oxygen atoms in total. The number of aromatic nitrogens is 1. The Balaban J connectivity index is 1.69. The Bertz CT molecular complexity index is 559. The van der Waals surface area contributed by atoms with Gasteiger partial charge in [-0.2, -0.15) is 0 Å². The summed E-state index contributed by atoms with van der Waals surface area (Å²) < 4.78 is 6.64. The summed E-state index contributed by atoms with van der Waals surface area (Å²) in [5.41, 5.74) is 2.40. The third-order valence-corrected chi connectivity index (χ3v) is 3.45. The summed E-state index contributed by atoms with van der Waals surface area (Å²) in [4.78, 5) is 4.16. The minimum atomic E-state index is 0.264. The van der Waals surface area contributed by atoms with Crippen molar-refractivity contribution in [3.63, 3.8) is 0 Å². The molecule has 1 aliphatic rings. The van der Waals surface area contributed by atoms with Crippen molar-refractivity contribution in [1.82, 2.24) is 10.3 Å². The summed E-state index contributed by atoms with van der Waals surface area (Å²) in [6, 6.07) is 10.5. The van der Waals surface area contributed by atoms with Crippen LogP contribution in [-0.2, 0) is 6.54 Å². The molecule has 0 amide bonds. The Morgan fingerprint density at radius 1 is 1.33 bits per heavy atom. The standard InChI is InChI=1S/C14H13BrN2O/c15-11-5-10(6-16-8-11)7-17-13-9-18-14-4-2-1-3-12(13)14/h1-6,8,13,17H,7,9H2. The van der Waals surface area contributed by atoms with E-state index in [1.807, 2.05) is 24.4 Å². The molecule has 0 bridgehead atoms. The minimum absolute atomic E-state index is 0.264. The normalized spacial score (nSPS) is 17.3. The molecule has 1 N–H and O–H groups in total. The Morgan fingerprint density at radius 3 is 3.11 bits per heavy atom. The molecule has 0 radical (unpaired) electrons.